The maximum Gasteiger partial charge on any atom is 0.230 e. The van der Waals surface area contributed by atoms with Gasteiger partial charge in [0.1, 0.15) is 17.6 Å². The Balaban J connectivity index is 1.49. The second-order valence-electron chi connectivity index (χ2n) is 6.37. The van der Waals surface area contributed by atoms with Crippen LogP contribution < -0.4 is 14.8 Å². The van der Waals surface area contributed by atoms with Gasteiger partial charge in [0, 0.05) is 23.4 Å². The smallest absolute Gasteiger partial charge is 0.230 e. The lowest BCUT2D eigenvalue weighted by atomic mass is 10.1. The van der Waals surface area contributed by atoms with Crippen LogP contribution in [0.5, 0.6) is 11.5 Å². The Morgan fingerprint density at radius 3 is 3.11 bits per heavy atom. The fraction of sp³-hybridized carbons (Fsp3) is 0.300. The monoisotopic (exact) mass is 384 g/mol. The molecule has 1 N–H and O–H groups in total. The molecule has 4 rings (SSSR count). The summed E-state index contributed by atoms with van der Waals surface area (Å²) in [7, 11) is 0. The Morgan fingerprint density at radius 1 is 1.44 bits per heavy atom. The predicted octanol–water partition coefficient (Wildman–Crippen LogP) is 4.31. The molecule has 1 unspecified atom stereocenters. The molecule has 1 aliphatic rings. The topological polar surface area (TPSA) is 73.6 Å². The number of hydrogen-bond donors (Lipinski definition) is 1. The second-order valence-corrected chi connectivity index (χ2v) is 7.23. The summed E-state index contributed by atoms with van der Waals surface area (Å²) < 4.78 is 16.8. The lowest BCUT2D eigenvalue weighted by molar-refractivity contribution is -0.115. The minimum absolute atomic E-state index is 0.135. The molecule has 140 valence electrons. The molecule has 0 spiro atoms. The molecule has 0 radical (unpaired) electrons. The first-order chi connectivity index (χ1) is 13.1. The van der Waals surface area contributed by atoms with E-state index in [1.54, 1.807) is 6.26 Å². The van der Waals surface area contributed by atoms with E-state index in [1.807, 2.05) is 43.5 Å². The number of nitrogens with zero attached hydrogens (tertiary/aromatic N) is 1. The van der Waals surface area contributed by atoms with Gasteiger partial charge in [-0.1, -0.05) is 0 Å². The van der Waals surface area contributed by atoms with E-state index in [1.165, 1.54) is 11.3 Å². The third-order valence-electron chi connectivity index (χ3n) is 4.20. The quantitative estimate of drug-likeness (QED) is 0.686. The van der Waals surface area contributed by atoms with Gasteiger partial charge in [-0.15, -0.1) is 11.3 Å². The molecule has 0 bridgehead atoms. The molecule has 1 aliphatic heterocycles. The standard InChI is InChI=1S/C20H20N2O4S/c1-3-24-18-8-13-7-12(2)26-17(13)10-15(18)22-19(23)9-14-11-27-20(21-14)16-5-4-6-25-16/h4-6,8,10-12H,3,7,9H2,1-2H3,(H,22,23). The van der Waals surface area contributed by atoms with Gasteiger partial charge in [-0.05, 0) is 32.0 Å². The molecule has 1 amide bonds. The first kappa shape index (κ1) is 17.6. The van der Waals surface area contributed by atoms with Gasteiger partial charge in [0.05, 0.1) is 30.7 Å². The number of carbonyl (C=O) groups excluding carboxylic acids is 1. The van der Waals surface area contributed by atoms with E-state index in [2.05, 4.69) is 10.3 Å². The summed E-state index contributed by atoms with van der Waals surface area (Å²) in [6.45, 7) is 4.47. The van der Waals surface area contributed by atoms with Crippen LogP contribution in [0.2, 0.25) is 0 Å². The van der Waals surface area contributed by atoms with Gasteiger partial charge in [-0.25, -0.2) is 4.98 Å². The minimum atomic E-state index is -0.154. The van der Waals surface area contributed by atoms with E-state index in [0.29, 0.717) is 29.5 Å². The van der Waals surface area contributed by atoms with Crippen molar-refractivity contribution in [1.82, 2.24) is 4.98 Å². The SMILES string of the molecule is CCOc1cc2c(cc1NC(=O)Cc1csc(-c3ccco3)n1)OC(C)C2. The summed E-state index contributed by atoms with van der Waals surface area (Å²) >= 11 is 1.45. The van der Waals surface area contributed by atoms with Crippen molar-refractivity contribution >= 4 is 22.9 Å². The van der Waals surface area contributed by atoms with Crippen molar-refractivity contribution in [2.75, 3.05) is 11.9 Å². The zero-order chi connectivity index (χ0) is 18.8. The molecule has 27 heavy (non-hydrogen) atoms. The fourth-order valence-corrected chi connectivity index (χ4v) is 3.86. The molecule has 3 heterocycles. The summed E-state index contributed by atoms with van der Waals surface area (Å²) in [5, 5.41) is 5.56. The summed E-state index contributed by atoms with van der Waals surface area (Å²) in [5.74, 6) is 2.01. The zero-order valence-electron chi connectivity index (χ0n) is 15.2. The van der Waals surface area contributed by atoms with Crippen LogP contribution in [0.1, 0.15) is 25.1 Å². The summed E-state index contributed by atoms with van der Waals surface area (Å²) in [5.41, 5.74) is 2.43. The number of benzene rings is 1. The maximum atomic E-state index is 12.5. The lowest BCUT2D eigenvalue weighted by Gasteiger charge is -2.13. The lowest BCUT2D eigenvalue weighted by Crippen LogP contribution is -2.15. The van der Waals surface area contributed by atoms with Crippen molar-refractivity contribution in [2.45, 2.75) is 32.8 Å². The van der Waals surface area contributed by atoms with E-state index >= 15 is 0 Å². The molecular formula is C20H20N2O4S. The molecule has 3 aromatic rings. The first-order valence-corrected chi connectivity index (χ1v) is 9.75. The molecule has 0 fully saturated rings. The normalized spacial score (nSPS) is 15.3. The van der Waals surface area contributed by atoms with E-state index in [0.717, 1.165) is 22.7 Å². The van der Waals surface area contributed by atoms with Crippen LogP contribution in [-0.2, 0) is 17.6 Å². The molecule has 0 aliphatic carbocycles. The van der Waals surface area contributed by atoms with Gasteiger partial charge < -0.3 is 19.2 Å². The van der Waals surface area contributed by atoms with E-state index in [4.69, 9.17) is 13.9 Å². The van der Waals surface area contributed by atoms with Gasteiger partial charge in [0.25, 0.3) is 0 Å². The number of rotatable bonds is 6. The number of aromatic nitrogens is 1. The zero-order valence-corrected chi connectivity index (χ0v) is 16.0. The Hall–Kier alpha value is -2.80. The van der Waals surface area contributed by atoms with E-state index in [9.17, 15) is 4.79 Å². The van der Waals surface area contributed by atoms with Crippen molar-refractivity contribution in [3.05, 3.63) is 47.2 Å². The number of nitrogens with one attached hydrogen (secondary N) is 1. The number of anilines is 1. The fourth-order valence-electron chi connectivity index (χ4n) is 3.07. The molecule has 6 nitrogen and oxygen atoms in total. The number of thiazole rings is 1. The highest BCUT2D eigenvalue weighted by Gasteiger charge is 2.23. The highest BCUT2D eigenvalue weighted by molar-refractivity contribution is 7.13. The maximum absolute atomic E-state index is 12.5. The van der Waals surface area contributed by atoms with Gasteiger partial charge >= 0.3 is 0 Å². The van der Waals surface area contributed by atoms with Crippen LogP contribution >= 0.6 is 11.3 Å². The minimum Gasteiger partial charge on any atom is -0.492 e. The van der Waals surface area contributed by atoms with Crippen molar-refractivity contribution in [3.63, 3.8) is 0 Å². The number of amides is 1. The molecule has 1 aromatic carbocycles. The molecule has 0 saturated heterocycles. The van der Waals surface area contributed by atoms with Crippen molar-refractivity contribution < 1.29 is 18.7 Å². The number of ether oxygens (including phenoxy) is 2. The van der Waals surface area contributed by atoms with Crippen LogP contribution in [-0.4, -0.2) is 23.6 Å². The summed E-state index contributed by atoms with van der Waals surface area (Å²) in [4.78, 5) is 17.0. The Morgan fingerprint density at radius 2 is 2.33 bits per heavy atom. The van der Waals surface area contributed by atoms with Crippen molar-refractivity contribution in [3.8, 4) is 22.3 Å². The number of furan rings is 1. The van der Waals surface area contributed by atoms with E-state index < -0.39 is 0 Å². The Kier molecular flexibility index (Phi) is 4.85. The van der Waals surface area contributed by atoms with Crippen molar-refractivity contribution in [1.29, 1.82) is 0 Å². The molecule has 1 atom stereocenters. The predicted molar refractivity (Wildman–Crippen MR) is 104 cm³/mol. The largest absolute Gasteiger partial charge is 0.492 e. The highest BCUT2D eigenvalue weighted by Crippen LogP contribution is 2.38. The second kappa shape index (κ2) is 7.44. The van der Waals surface area contributed by atoms with Gasteiger partial charge in [0.2, 0.25) is 5.91 Å². The van der Waals surface area contributed by atoms with Crippen LogP contribution in [0.3, 0.4) is 0 Å². The Bertz CT molecular complexity index is 949. The summed E-state index contributed by atoms with van der Waals surface area (Å²) in [6, 6.07) is 7.46. The molecule has 7 heteroatoms. The first-order valence-electron chi connectivity index (χ1n) is 8.87. The number of fused-ring (bicyclic) bond motifs is 1. The van der Waals surface area contributed by atoms with Gasteiger partial charge in [0.15, 0.2) is 10.8 Å². The number of hydrogen-bond acceptors (Lipinski definition) is 6. The molecular weight excluding hydrogens is 364 g/mol. The van der Waals surface area contributed by atoms with Gasteiger partial charge in [-0.2, -0.15) is 0 Å². The number of carbonyl (C=O) groups is 1. The van der Waals surface area contributed by atoms with Crippen LogP contribution in [0.25, 0.3) is 10.8 Å². The third-order valence-corrected chi connectivity index (χ3v) is 5.10. The van der Waals surface area contributed by atoms with Crippen LogP contribution in [0.4, 0.5) is 5.69 Å². The third kappa shape index (κ3) is 3.83. The van der Waals surface area contributed by atoms with Crippen LogP contribution in [0, 0.1) is 0 Å². The van der Waals surface area contributed by atoms with Crippen molar-refractivity contribution in [2.24, 2.45) is 0 Å². The Labute approximate surface area is 161 Å². The molecule has 2 aromatic heterocycles. The van der Waals surface area contributed by atoms with Gasteiger partial charge in [-0.3, -0.25) is 4.79 Å². The molecule has 0 saturated carbocycles. The van der Waals surface area contributed by atoms with E-state index in [-0.39, 0.29) is 18.4 Å². The average Bonchev–Trinajstić information content (AvgIpc) is 3.35. The average molecular weight is 384 g/mol. The summed E-state index contributed by atoms with van der Waals surface area (Å²) in [6.07, 6.45) is 2.76. The highest BCUT2D eigenvalue weighted by atomic mass is 32.1. The van der Waals surface area contributed by atoms with Crippen LogP contribution in [0.15, 0.2) is 40.3 Å².